The number of hydrogen-bond donors (Lipinski definition) is 0. The first-order valence-electron chi connectivity index (χ1n) is 6.96. The highest BCUT2D eigenvalue weighted by Gasteiger charge is 2.06. The van der Waals surface area contributed by atoms with Crippen LogP contribution >= 0.6 is 0 Å². The van der Waals surface area contributed by atoms with E-state index in [4.69, 9.17) is 0 Å². The monoisotopic (exact) mass is 268 g/mol. The zero-order chi connectivity index (χ0) is 14.9. The molecular weight excluding hydrogens is 244 g/mol. The van der Waals surface area contributed by atoms with Gasteiger partial charge >= 0.3 is 0 Å². The number of anilines is 2. The molecule has 2 aromatic carbocycles. The maximum atomic E-state index is 2.26. The van der Waals surface area contributed by atoms with Crippen LogP contribution in [0.15, 0.2) is 36.4 Å². The van der Waals surface area contributed by atoms with Crippen molar-refractivity contribution in [3.63, 3.8) is 0 Å². The molecule has 0 unspecified atom stereocenters. The minimum atomic E-state index is 1.27. The third-order valence-electron chi connectivity index (χ3n) is 3.69. The zero-order valence-electron chi connectivity index (χ0n) is 13.4. The van der Waals surface area contributed by atoms with Gasteiger partial charge < -0.3 is 9.80 Å². The number of hydrogen-bond acceptors (Lipinski definition) is 2. The first-order chi connectivity index (χ1) is 9.40. The highest BCUT2D eigenvalue weighted by molar-refractivity contribution is 5.72. The van der Waals surface area contributed by atoms with E-state index < -0.39 is 0 Å². The van der Waals surface area contributed by atoms with Gasteiger partial charge in [0.25, 0.3) is 0 Å². The van der Waals surface area contributed by atoms with Crippen LogP contribution in [0.5, 0.6) is 0 Å². The van der Waals surface area contributed by atoms with Crippen LogP contribution in [0.1, 0.15) is 11.1 Å². The summed E-state index contributed by atoms with van der Waals surface area (Å²) in [6, 6.07) is 13.3. The van der Waals surface area contributed by atoms with Gasteiger partial charge in [0, 0.05) is 39.6 Å². The lowest BCUT2D eigenvalue weighted by atomic mass is 9.99. The van der Waals surface area contributed by atoms with Crippen molar-refractivity contribution in [3.8, 4) is 11.1 Å². The normalized spacial score (nSPS) is 10.5. The van der Waals surface area contributed by atoms with Crippen molar-refractivity contribution in [3.05, 3.63) is 47.5 Å². The van der Waals surface area contributed by atoms with E-state index in [1.54, 1.807) is 0 Å². The molecule has 0 aromatic heterocycles. The molecule has 20 heavy (non-hydrogen) atoms. The van der Waals surface area contributed by atoms with Gasteiger partial charge in [0.1, 0.15) is 0 Å². The van der Waals surface area contributed by atoms with E-state index in [0.29, 0.717) is 0 Å². The van der Waals surface area contributed by atoms with Gasteiger partial charge in [0.2, 0.25) is 0 Å². The molecule has 0 aliphatic carbocycles. The molecule has 0 saturated carbocycles. The van der Waals surface area contributed by atoms with Gasteiger partial charge in [-0.3, -0.25) is 0 Å². The van der Waals surface area contributed by atoms with Crippen LogP contribution in [0.3, 0.4) is 0 Å². The van der Waals surface area contributed by atoms with Gasteiger partial charge in [-0.05, 0) is 60.4 Å². The summed E-state index contributed by atoms with van der Waals surface area (Å²) in [5.41, 5.74) is 7.72. The second-order valence-electron chi connectivity index (χ2n) is 5.79. The van der Waals surface area contributed by atoms with Crippen LogP contribution in [-0.2, 0) is 0 Å². The molecule has 2 nitrogen and oxygen atoms in total. The molecule has 0 fully saturated rings. The molecule has 2 rings (SSSR count). The van der Waals surface area contributed by atoms with E-state index in [1.165, 1.54) is 33.6 Å². The predicted octanol–water partition coefficient (Wildman–Crippen LogP) is 4.10. The fourth-order valence-electron chi connectivity index (χ4n) is 2.67. The Labute approximate surface area is 122 Å². The SMILES string of the molecule is Cc1cc(-c2ccc(N(C)C)c(C)c2)ccc1N(C)C. The number of benzene rings is 2. The molecule has 0 aliphatic heterocycles. The average molecular weight is 268 g/mol. The van der Waals surface area contributed by atoms with E-state index in [-0.39, 0.29) is 0 Å². The second kappa shape index (κ2) is 5.58. The first kappa shape index (κ1) is 14.4. The molecule has 0 heterocycles. The van der Waals surface area contributed by atoms with Crippen LogP contribution in [0.4, 0.5) is 11.4 Å². The van der Waals surface area contributed by atoms with Crippen molar-refractivity contribution in [2.75, 3.05) is 38.0 Å². The minimum Gasteiger partial charge on any atom is -0.377 e. The van der Waals surface area contributed by atoms with Crippen molar-refractivity contribution in [2.24, 2.45) is 0 Å². The van der Waals surface area contributed by atoms with Gasteiger partial charge in [-0.15, -0.1) is 0 Å². The van der Waals surface area contributed by atoms with Gasteiger partial charge in [-0.1, -0.05) is 12.1 Å². The molecule has 0 bridgehead atoms. The lowest BCUT2D eigenvalue weighted by Crippen LogP contribution is -2.10. The van der Waals surface area contributed by atoms with Gasteiger partial charge in [0.05, 0.1) is 0 Å². The molecular formula is C18H24N2. The maximum Gasteiger partial charge on any atom is 0.0391 e. The van der Waals surface area contributed by atoms with Crippen LogP contribution in [0.25, 0.3) is 11.1 Å². The Bertz CT molecular complexity index is 557. The molecule has 2 heteroatoms. The van der Waals surface area contributed by atoms with Crippen LogP contribution in [-0.4, -0.2) is 28.2 Å². The van der Waals surface area contributed by atoms with Crippen LogP contribution < -0.4 is 9.80 Å². The third-order valence-corrected chi connectivity index (χ3v) is 3.69. The Kier molecular flexibility index (Phi) is 4.03. The summed E-state index contributed by atoms with van der Waals surface area (Å²) < 4.78 is 0. The van der Waals surface area contributed by atoms with E-state index >= 15 is 0 Å². The average Bonchev–Trinajstić information content (AvgIpc) is 2.37. The van der Waals surface area contributed by atoms with Gasteiger partial charge in [-0.2, -0.15) is 0 Å². The van der Waals surface area contributed by atoms with Crippen LogP contribution in [0, 0.1) is 13.8 Å². The second-order valence-corrected chi connectivity index (χ2v) is 5.79. The maximum absolute atomic E-state index is 2.26. The topological polar surface area (TPSA) is 6.48 Å². The molecule has 0 N–H and O–H groups in total. The molecule has 0 saturated heterocycles. The summed E-state index contributed by atoms with van der Waals surface area (Å²) in [7, 11) is 8.33. The highest BCUT2D eigenvalue weighted by atomic mass is 15.1. The largest absolute Gasteiger partial charge is 0.377 e. The van der Waals surface area contributed by atoms with Crippen LogP contribution in [0.2, 0.25) is 0 Å². The minimum absolute atomic E-state index is 1.27. The smallest absolute Gasteiger partial charge is 0.0391 e. The molecule has 106 valence electrons. The summed E-state index contributed by atoms with van der Waals surface area (Å²) in [5, 5.41) is 0. The summed E-state index contributed by atoms with van der Waals surface area (Å²) in [4.78, 5) is 4.30. The fourth-order valence-corrected chi connectivity index (χ4v) is 2.67. The highest BCUT2D eigenvalue weighted by Crippen LogP contribution is 2.29. The van der Waals surface area contributed by atoms with E-state index in [1.807, 2.05) is 0 Å². The van der Waals surface area contributed by atoms with Crippen molar-refractivity contribution < 1.29 is 0 Å². The Morgan fingerprint density at radius 1 is 0.600 bits per heavy atom. The van der Waals surface area contributed by atoms with E-state index in [2.05, 4.69) is 88.2 Å². The number of rotatable bonds is 3. The van der Waals surface area contributed by atoms with Gasteiger partial charge in [-0.25, -0.2) is 0 Å². The fraction of sp³-hybridized carbons (Fsp3) is 0.333. The Balaban J connectivity index is 2.42. The summed E-state index contributed by atoms with van der Waals surface area (Å²) in [5.74, 6) is 0. The quantitative estimate of drug-likeness (QED) is 0.827. The number of aryl methyl sites for hydroxylation is 2. The summed E-state index contributed by atoms with van der Waals surface area (Å²) in [6.07, 6.45) is 0. The Morgan fingerprint density at radius 2 is 0.950 bits per heavy atom. The van der Waals surface area contributed by atoms with Crippen molar-refractivity contribution >= 4 is 11.4 Å². The molecule has 0 radical (unpaired) electrons. The third kappa shape index (κ3) is 2.79. The van der Waals surface area contributed by atoms with Gasteiger partial charge in [0.15, 0.2) is 0 Å². The molecule has 0 aliphatic rings. The van der Waals surface area contributed by atoms with Crippen molar-refractivity contribution in [2.45, 2.75) is 13.8 Å². The van der Waals surface area contributed by atoms with E-state index in [9.17, 15) is 0 Å². The molecule has 0 amide bonds. The first-order valence-corrected chi connectivity index (χ1v) is 6.96. The zero-order valence-corrected chi connectivity index (χ0v) is 13.4. The predicted molar refractivity (Wildman–Crippen MR) is 90.0 cm³/mol. The molecule has 0 atom stereocenters. The Hall–Kier alpha value is -1.96. The number of nitrogens with zero attached hydrogens (tertiary/aromatic N) is 2. The Morgan fingerprint density at radius 3 is 1.20 bits per heavy atom. The summed E-state index contributed by atoms with van der Waals surface area (Å²) in [6.45, 7) is 4.33. The summed E-state index contributed by atoms with van der Waals surface area (Å²) >= 11 is 0. The molecule has 2 aromatic rings. The van der Waals surface area contributed by atoms with Crippen molar-refractivity contribution in [1.82, 2.24) is 0 Å². The molecule has 0 spiro atoms. The van der Waals surface area contributed by atoms with Crippen molar-refractivity contribution in [1.29, 1.82) is 0 Å². The lowest BCUT2D eigenvalue weighted by molar-refractivity contribution is 1.11. The lowest BCUT2D eigenvalue weighted by Gasteiger charge is -2.18. The van der Waals surface area contributed by atoms with E-state index in [0.717, 1.165) is 0 Å². The standard InChI is InChI=1S/C18H24N2/c1-13-11-15(7-9-17(13)19(3)4)16-8-10-18(20(5)6)14(2)12-16/h7-12H,1-6H3.